The van der Waals surface area contributed by atoms with Crippen LogP contribution in [0.2, 0.25) is 0 Å². The lowest BCUT2D eigenvalue weighted by atomic mass is 10.2. The Morgan fingerprint density at radius 1 is 1.29 bits per heavy atom. The van der Waals surface area contributed by atoms with Crippen molar-refractivity contribution in [3.05, 3.63) is 45.7 Å². The lowest BCUT2D eigenvalue weighted by Gasteiger charge is -1.99. The molecule has 0 saturated heterocycles. The first kappa shape index (κ1) is 11.9. The van der Waals surface area contributed by atoms with Gasteiger partial charge < -0.3 is 0 Å². The lowest BCUT2D eigenvalue weighted by molar-refractivity contribution is 0.0988. The molecule has 4 heteroatoms. The number of carbonyl (C=O) groups is 1. The highest BCUT2D eigenvalue weighted by Gasteiger charge is 2.10. The van der Waals surface area contributed by atoms with Gasteiger partial charge in [-0.25, -0.2) is 9.97 Å². The zero-order valence-electron chi connectivity index (χ0n) is 9.93. The molecule has 2 heterocycles. The number of thiophene rings is 1. The Kier molecular flexibility index (Phi) is 3.64. The van der Waals surface area contributed by atoms with Crippen LogP contribution in [-0.4, -0.2) is 15.8 Å². The predicted octanol–water partition coefficient (Wildman–Crippen LogP) is 2.83. The molecule has 2 rings (SSSR count). The van der Waals surface area contributed by atoms with Crippen molar-refractivity contribution in [1.29, 1.82) is 0 Å². The van der Waals surface area contributed by atoms with Gasteiger partial charge in [0.1, 0.15) is 11.5 Å². The Morgan fingerprint density at radius 3 is 2.71 bits per heavy atom. The SMILES string of the molecule is CCc1ccc(CC(=O)c2ccnc(C)n2)s1. The van der Waals surface area contributed by atoms with Gasteiger partial charge in [-0.3, -0.25) is 4.79 Å². The van der Waals surface area contributed by atoms with Crippen molar-refractivity contribution in [2.24, 2.45) is 0 Å². The minimum Gasteiger partial charge on any atom is -0.292 e. The van der Waals surface area contributed by atoms with Crippen molar-refractivity contribution in [3.8, 4) is 0 Å². The highest BCUT2D eigenvalue weighted by molar-refractivity contribution is 7.12. The number of nitrogens with zero attached hydrogens (tertiary/aromatic N) is 2. The summed E-state index contributed by atoms with van der Waals surface area (Å²) >= 11 is 1.70. The number of rotatable bonds is 4. The molecule has 0 aliphatic heterocycles. The number of hydrogen-bond acceptors (Lipinski definition) is 4. The Labute approximate surface area is 105 Å². The standard InChI is InChI=1S/C13H14N2OS/c1-3-10-4-5-11(17-10)8-13(16)12-6-7-14-9(2)15-12/h4-7H,3,8H2,1-2H3. The summed E-state index contributed by atoms with van der Waals surface area (Å²) in [6, 6.07) is 5.78. The minimum atomic E-state index is 0.0556. The zero-order valence-corrected chi connectivity index (χ0v) is 10.8. The van der Waals surface area contributed by atoms with Crippen LogP contribution in [0.25, 0.3) is 0 Å². The van der Waals surface area contributed by atoms with Gasteiger partial charge >= 0.3 is 0 Å². The molecule has 2 aromatic rings. The van der Waals surface area contributed by atoms with E-state index in [0.717, 1.165) is 11.3 Å². The molecule has 0 aromatic carbocycles. The maximum absolute atomic E-state index is 12.0. The summed E-state index contributed by atoms with van der Waals surface area (Å²) in [6.07, 6.45) is 3.08. The normalized spacial score (nSPS) is 10.5. The first-order valence-corrected chi connectivity index (χ1v) is 6.41. The first-order chi connectivity index (χ1) is 8.19. The lowest BCUT2D eigenvalue weighted by Crippen LogP contribution is -2.06. The topological polar surface area (TPSA) is 42.9 Å². The molecule has 3 nitrogen and oxygen atoms in total. The highest BCUT2D eigenvalue weighted by Crippen LogP contribution is 2.18. The van der Waals surface area contributed by atoms with Crippen LogP contribution in [0, 0.1) is 6.92 Å². The van der Waals surface area contributed by atoms with Gasteiger partial charge in [-0.2, -0.15) is 0 Å². The monoisotopic (exact) mass is 246 g/mol. The van der Waals surface area contributed by atoms with Crippen molar-refractivity contribution >= 4 is 17.1 Å². The van der Waals surface area contributed by atoms with Crippen LogP contribution in [0.4, 0.5) is 0 Å². The number of aromatic nitrogens is 2. The summed E-state index contributed by atoms with van der Waals surface area (Å²) in [5.74, 6) is 0.691. The summed E-state index contributed by atoms with van der Waals surface area (Å²) in [4.78, 5) is 22.5. The van der Waals surface area contributed by atoms with Crippen LogP contribution in [0.5, 0.6) is 0 Å². The second-order valence-electron chi connectivity index (χ2n) is 3.81. The Morgan fingerprint density at radius 2 is 2.06 bits per heavy atom. The number of aryl methyl sites for hydroxylation is 2. The Bertz CT molecular complexity index is 534. The minimum absolute atomic E-state index is 0.0556. The fraction of sp³-hybridized carbons (Fsp3) is 0.308. The van der Waals surface area contributed by atoms with Gasteiger partial charge in [0.2, 0.25) is 0 Å². The third-order valence-corrected chi connectivity index (χ3v) is 3.69. The van der Waals surface area contributed by atoms with E-state index >= 15 is 0 Å². The van der Waals surface area contributed by atoms with Crippen LogP contribution in [0.15, 0.2) is 24.4 Å². The molecule has 0 aliphatic carbocycles. The van der Waals surface area contributed by atoms with Crippen molar-refractivity contribution in [2.45, 2.75) is 26.7 Å². The maximum atomic E-state index is 12.0. The number of hydrogen-bond donors (Lipinski definition) is 0. The Hall–Kier alpha value is -1.55. The van der Waals surface area contributed by atoms with Crippen molar-refractivity contribution in [1.82, 2.24) is 9.97 Å². The first-order valence-electron chi connectivity index (χ1n) is 5.59. The average molecular weight is 246 g/mol. The van der Waals surface area contributed by atoms with Crippen LogP contribution >= 0.6 is 11.3 Å². The summed E-state index contributed by atoms with van der Waals surface area (Å²) in [5.41, 5.74) is 0.504. The molecule has 0 aliphatic rings. The smallest absolute Gasteiger partial charge is 0.186 e. The zero-order chi connectivity index (χ0) is 12.3. The van der Waals surface area contributed by atoms with Gasteiger partial charge in [0, 0.05) is 22.4 Å². The van der Waals surface area contributed by atoms with Crippen molar-refractivity contribution in [3.63, 3.8) is 0 Å². The van der Waals surface area contributed by atoms with E-state index < -0.39 is 0 Å². The van der Waals surface area contributed by atoms with Crippen molar-refractivity contribution in [2.75, 3.05) is 0 Å². The van der Waals surface area contributed by atoms with Crippen LogP contribution in [-0.2, 0) is 12.8 Å². The molecule has 0 atom stereocenters. The van der Waals surface area contributed by atoms with Crippen molar-refractivity contribution < 1.29 is 4.79 Å². The van der Waals surface area contributed by atoms with E-state index in [-0.39, 0.29) is 5.78 Å². The maximum Gasteiger partial charge on any atom is 0.186 e. The molecule has 0 spiro atoms. The molecule has 0 saturated carbocycles. The van der Waals surface area contributed by atoms with E-state index in [2.05, 4.69) is 23.0 Å². The predicted molar refractivity (Wildman–Crippen MR) is 68.5 cm³/mol. The second-order valence-corrected chi connectivity index (χ2v) is 5.06. The highest BCUT2D eigenvalue weighted by atomic mass is 32.1. The molecule has 2 aromatic heterocycles. The summed E-state index contributed by atoms with van der Waals surface area (Å²) in [7, 11) is 0. The molecule has 0 radical (unpaired) electrons. The Balaban J connectivity index is 2.11. The van der Waals surface area contributed by atoms with Gasteiger partial charge in [-0.15, -0.1) is 11.3 Å². The quantitative estimate of drug-likeness (QED) is 0.779. The fourth-order valence-corrected chi connectivity index (χ4v) is 2.52. The number of carbonyl (C=O) groups excluding carboxylic acids is 1. The van der Waals surface area contributed by atoms with E-state index in [1.165, 1.54) is 4.88 Å². The summed E-state index contributed by atoms with van der Waals surface area (Å²) in [5, 5.41) is 0. The van der Waals surface area contributed by atoms with E-state index in [4.69, 9.17) is 0 Å². The van der Waals surface area contributed by atoms with Gasteiger partial charge in [0.05, 0.1) is 0 Å². The van der Waals surface area contributed by atoms with E-state index in [1.807, 2.05) is 6.07 Å². The number of ketones is 1. The second kappa shape index (κ2) is 5.19. The van der Waals surface area contributed by atoms with E-state index in [9.17, 15) is 4.79 Å². The molecule has 88 valence electrons. The molecule has 0 unspecified atom stereocenters. The van der Waals surface area contributed by atoms with Crippen LogP contribution in [0.1, 0.15) is 33.0 Å². The molecule has 0 fully saturated rings. The molecular formula is C13H14N2OS. The summed E-state index contributed by atoms with van der Waals surface area (Å²) < 4.78 is 0. The summed E-state index contributed by atoms with van der Waals surface area (Å²) in [6.45, 7) is 3.91. The van der Waals surface area contributed by atoms with Gasteiger partial charge in [0.15, 0.2) is 5.78 Å². The average Bonchev–Trinajstić information content (AvgIpc) is 2.77. The molecule has 0 N–H and O–H groups in total. The van der Waals surface area contributed by atoms with Gasteiger partial charge in [-0.05, 0) is 31.5 Å². The largest absolute Gasteiger partial charge is 0.292 e. The van der Waals surface area contributed by atoms with E-state index in [1.54, 1.807) is 30.5 Å². The third kappa shape index (κ3) is 2.97. The van der Waals surface area contributed by atoms with Crippen LogP contribution < -0.4 is 0 Å². The molecule has 17 heavy (non-hydrogen) atoms. The van der Waals surface area contributed by atoms with Crippen LogP contribution in [0.3, 0.4) is 0 Å². The fourth-order valence-electron chi connectivity index (χ4n) is 1.57. The molecular weight excluding hydrogens is 232 g/mol. The van der Waals surface area contributed by atoms with Gasteiger partial charge in [0.25, 0.3) is 0 Å². The molecule has 0 amide bonds. The molecule has 0 bridgehead atoms. The third-order valence-electron chi connectivity index (χ3n) is 2.46. The number of Topliss-reactive ketones (excluding diaryl/α,β-unsaturated/α-hetero) is 1. The van der Waals surface area contributed by atoms with Gasteiger partial charge in [-0.1, -0.05) is 6.92 Å². The van der Waals surface area contributed by atoms with E-state index in [0.29, 0.717) is 17.9 Å².